The molecule has 1 N–H and O–H groups in total. The molecule has 0 saturated heterocycles. The second-order valence-electron chi connectivity index (χ2n) is 2.32. The maximum Gasteiger partial charge on any atom is 0.0831 e. The monoisotopic (exact) mass is 273 g/mol. The van der Waals surface area contributed by atoms with Crippen LogP contribution in [-0.2, 0) is 0 Å². The van der Waals surface area contributed by atoms with Crippen LogP contribution in [0.3, 0.4) is 0 Å². The predicted octanol–water partition coefficient (Wildman–Crippen LogP) is 3.69. The summed E-state index contributed by atoms with van der Waals surface area (Å²) in [6.45, 7) is 0. The summed E-state index contributed by atoms with van der Waals surface area (Å²) < 4.78 is 2.14. The number of H-pyrrole nitrogens is 1. The van der Waals surface area contributed by atoms with Gasteiger partial charge in [0.2, 0.25) is 0 Å². The summed E-state index contributed by atoms with van der Waals surface area (Å²) >= 11 is 6.85. The summed E-state index contributed by atoms with van der Waals surface area (Å²) in [4.78, 5) is 3.19. The van der Waals surface area contributed by atoms with Gasteiger partial charge in [0.15, 0.2) is 0 Å². The van der Waals surface area contributed by atoms with Gasteiger partial charge in [-0.05, 0) is 34.1 Å². The standard InChI is InChI=1S/C8H5Br2N/c9-6-2-1-3-7-5(6)4-8(10)11-7/h1-4,11H. The van der Waals surface area contributed by atoms with E-state index in [0.717, 1.165) is 14.6 Å². The largest absolute Gasteiger partial charge is 0.349 e. The molecule has 0 saturated carbocycles. The maximum absolute atomic E-state index is 3.47. The zero-order chi connectivity index (χ0) is 7.84. The predicted molar refractivity (Wildman–Crippen MR) is 53.7 cm³/mol. The molecule has 1 aromatic carbocycles. The molecule has 0 spiro atoms. The molecule has 56 valence electrons. The van der Waals surface area contributed by atoms with Crippen molar-refractivity contribution in [3.63, 3.8) is 0 Å². The number of fused-ring (bicyclic) bond motifs is 1. The maximum atomic E-state index is 3.47. The van der Waals surface area contributed by atoms with Crippen LogP contribution in [0.4, 0.5) is 0 Å². The Labute approximate surface area is 81.1 Å². The minimum Gasteiger partial charge on any atom is -0.349 e. The van der Waals surface area contributed by atoms with Crippen molar-refractivity contribution in [1.82, 2.24) is 4.98 Å². The summed E-state index contributed by atoms with van der Waals surface area (Å²) in [7, 11) is 0. The number of aromatic amines is 1. The number of rotatable bonds is 0. The Balaban J connectivity index is 2.90. The van der Waals surface area contributed by atoms with Crippen molar-refractivity contribution in [2.24, 2.45) is 0 Å². The van der Waals surface area contributed by atoms with Crippen LogP contribution in [0.1, 0.15) is 0 Å². The fourth-order valence-electron chi connectivity index (χ4n) is 1.08. The molecule has 3 heteroatoms. The van der Waals surface area contributed by atoms with Gasteiger partial charge in [-0.25, -0.2) is 0 Å². The van der Waals surface area contributed by atoms with Crippen molar-refractivity contribution in [3.8, 4) is 0 Å². The minimum absolute atomic E-state index is 1.01. The second kappa shape index (κ2) is 2.64. The normalized spacial score (nSPS) is 10.7. The van der Waals surface area contributed by atoms with Crippen molar-refractivity contribution in [3.05, 3.63) is 33.3 Å². The van der Waals surface area contributed by atoms with Crippen molar-refractivity contribution in [2.75, 3.05) is 0 Å². The molecule has 1 aromatic heterocycles. The van der Waals surface area contributed by atoms with Gasteiger partial charge in [0, 0.05) is 15.4 Å². The number of aromatic nitrogens is 1. The molecular weight excluding hydrogens is 270 g/mol. The molecule has 0 aliphatic heterocycles. The Morgan fingerprint density at radius 1 is 1.18 bits per heavy atom. The van der Waals surface area contributed by atoms with Crippen molar-refractivity contribution in [1.29, 1.82) is 0 Å². The number of hydrogen-bond donors (Lipinski definition) is 1. The van der Waals surface area contributed by atoms with Crippen LogP contribution in [-0.4, -0.2) is 4.98 Å². The Kier molecular flexibility index (Phi) is 1.77. The molecule has 0 amide bonds. The Morgan fingerprint density at radius 3 is 2.73 bits per heavy atom. The Hall–Kier alpha value is -0.280. The Morgan fingerprint density at radius 2 is 2.00 bits per heavy atom. The lowest BCUT2D eigenvalue weighted by atomic mass is 10.3. The topological polar surface area (TPSA) is 15.8 Å². The van der Waals surface area contributed by atoms with Gasteiger partial charge in [0.05, 0.1) is 4.60 Å². The smallest absolute Gasteiger partial charge is 0.0831 e. The van der Waals surface area contributed by atoms with E-state index in [1.807, 2.05) is 18.2 Å². The fraction of sp³-hybridized carbons (Fsp3) is 0. The zero-order valence-corrected chi connectivity index (χ0v) is 8.74. The molecule has 2 rings (SSSR count). The van der Waals surface area contributed by atoms with Crippen LogP contribution in [0.5, 0.6) is 0 Å². The molecule has 1 nitrogen and oxygen atoms in total. The summed E-state index contributed by atoms with van der Waals surface area (Å²) in [6.07, 6.45) is 0. The van der Waals surface area contributed by atoms with Crippen LogP contribution in [0, 0.1) is 0 Å². The number of hydrogen-bond acceptors (Lipinski definition) is 0. The molecule has 11 heavy (non-hydrogen) atoms. The fourth-order valence-corrected chi connectivity index (χ4v) is 2.01. The van der Waals surface area contributed by atoms with Crippen LogP contribution in [0.2, 0.25) is 0 Å². The van der Waals surface area contributed by atoms with Gasteiger partial charge in [-0.15, -0.1) is 0 Å². The highest BCUT2D eigenvalue weighted by molar-refractivity contribution is 9.11. The molecule has 0 aliphatic carbocycles. The third-order valence-corrected chi connectivity index (χ3v) is 2.70. The van der Waals surface area contributed by atoms with Gasteiger partial charge < -0.3 is 4.98 Å². The third-order valence-electron chi connectivity index (χ3n) is 1.58. The highest BCUT2D eigenvalue weighted by Crippen LogP contribution is 2.26. The first kappa shape index (κ1) is 7.37. The van der Waals surface area contributed by atoms with Crippen LogP contribution >= 0.6 is 31.9 Å². The molecule has 2 aromatic rings. The average molecular weight is 275 g/mol. The van der Waals surface area contributed by atoms with E-state index in [1.165, 1.54) is 5.39 Å². The van der Waals surface area contributed by atoms with E-state index in [-0.39, 0.29) is 0 Å². The first-order valence-corrected chi connectivity index (χ1v) is 4.79. The highest BCUT2D eigenvalue weighted by atomic mass is 79.9. The first-order chi connectivity index (χ1) is 5.27. The van der Waals surface area contributed by atoms with Gasteiger partial charge in [-0.3, -0.25) is 0 Å². The molecule has 0 aliphatic rings. The lowest BCUT2D eigenvalue weighted by molar-refractivity contribution is 1.41. The molecular formula is C8H5Br2N. The first-order valence-electron chi connectivity index (χ1n) is 3.20. The van der Waals surface area contributed by atoms with E-state index in [2.05, 4.69) is 42.9 Å². The molecule has 1 heterocycles. The van der Waals surface area contributed by atoms with Crippen molar-refractivity contribution < 1.29 is 0 Å². The van der Waals surface area contributed by atoms with Crippen LogP contribution < -0.4 is 0 Å². The Bertz CT molecular complexity index is 392. The van der Waals surface area contributed by atoms with E-state index in [1.54, 1.807) is 0 Å². The summed E-state index contributed by atoms with van der Waals surface area (Å²) in [6, 6.07) is 8.14. The average Bonchev–Trinajstić information content (AvgIpc) is 2.31. The van der Waals surface area contributed by atoms with Gasteiger partial charge in [0.25, 0.3) is 0 Å². The molecule has 0 unspecified atom stereocenters. The summed E-state index contributed by atoms with van der Waals surface area (Å²) in [5, 5.41) is 1.21. The van der Waals surface area contributed by atoms with E-state index in [4.69, 9.17) is 0 Å². The highest BCUT2D eigenvalue weighted by Gasteiger charge is 1.99. The van der Waals surface area contributed by atoms with Crippen molar-refractivity contribution >= 4 is 42.8 Å². The van der Waals surface area contributed by atoms with Gasteiger partial charge >= 0.3 is 0 Å². The third kappa shape index (κ3) is 1.23. The zero-order valence-electron chi connectivity index (χ0n) is 5.57. The lowest BCUT2D eigenvalue weighted by Gasteiger charge is -1.90. The van der Waals surface area contributed by atoms with E-state index in [0.29, 0.717) is 0 Å². The molecule has 0 atom stereocenters. The van der Waals surface area contributed by atoms with Gasteiger partial charge in [-0.2, -0.15) is 0 Å². The minimum atomic E-state index is 1.01. The quantitative estimate of drug-likeness (QED) is 0.754. The van der Waals surface area contributed by atoms with Gasteiger partial charge in [0.1, 0.15) is 0 Å². The molecule has 0 bridgehead atoms. The van der Waals surface area contributed by atoms with Crippen LogP contribution in [0.15, 0.2) is 33.3 Å². The SMILES string of the molecule is Brc1cc2c(Br)cccc2[nH]1. The van der Waals surface area contributed by atoms with E-state index in [9.17, 15) is 0 Å². The van der Waals surface area contributed by atoms with E-state index < -0.39 is 0 Å². The summed E-state index contributed by atoms with van der Waals surface area (Å²) in [5.74, 6) is 0. The van der Waals surface area contributed by atoms with E-state index >= 15 is 0 Å². The van der Waals surface area contributed by atoms with Crippen molar-refractivity contribution in [2.45, 2.75) is 0 Å². The summed E-state index contributed by atoms with van der Waals surface area (Å²) in [5.41, 5.74) is 1.14. The number of nitrogens with one attached hydrogen (secondary N) is 1. The number of halogens is 2. The van der Waals surface area contributed by atoms with Crippen LogP contribution in [0.25, 0.3) is 10.9 Å². The lowest BCUT2D eigenvalue weighted by Crippen LogP contribution is -1.66. The molecule has 0 fully saturated rings. The number of benzene rings is 1. The molecule has 0 radical (unpaired) electrons. The van der Waals surface area contributed by atoms with Gasteiger partial charge in [-0.1, -0.05) is 22.0 Å². The second-order valence-corrected chi connectivity index (χ2v) is 4.03.